The Morgan fingerprint density at radius 3 is 2.95 bits per heavy atom. The molecule has 5 nitrogen and oxygen atoms in total. The Balaban J connectivity index is 2.00. The lowest BCUT2D eigenvalue weighted by Gasteiger charge is -2.27. The monoisotopic (exact) mass is 328 g/mol. The number of carbonyl (C=O) groups excluding carboxylic acids is 1. The predicted molar refractivity (Wildman–Crippen MR) is 72.9 cm³/mol. The molecule has 0 N–H and O–H groups in total. The molecule has 0 saturated heterocycles. The van der Waals surface area contributed by atoms with Crippen LogP contribution < -0.4 is 4.74 Å². The lowest BCUT2D eigenvalue weighted by Crippen LogP contribution is -2.30. The number of nitrogens with zero attached hydrogens (tertiary/aromatic N) is 2. The van der Waals surface area contributed by atoms with Gasteiger partial charge in [0.25, 0.3) is 0 Å². The Morgan fingerprint density at radius 1 is 1.47 bits per heavy atom. The number of halogens is 1. The van der Waals surface area contributed by atoms with Gasteiger partial charge in [0, 0.05) is 0 Å². The Kier molecular flexibility index (Phi) is 4.74. The Labute approximate surface area is 120 Å². The van der Waals surface area contributed by atoms with Crippen LogP contribution in [0, 0.1) is 12.8 Å². The molecule has 0 spiro atoms. The van der Waals surface area contributed by atoms with Gasteiger partial charge in [-0.3, -0.25) is 4.79 Å². The molecular weight excluding hydrogens is 312 g/mol. The van der Waals surface area contributed by atoms with E-state index in [4.69, 9.17) is 9.47 Å². The molecule has 1 aromatic rings. The van der Waals surface area contributed by atoms with Crippen molar-refractivity contribution in [3.8, 4) is 5.88 Å². The van der Waals surface area contributed by atoms with Crippen molar-refractivity contribution in [1.29, 1.82) is 0 Å². The maximum atomic E-state index is 11.6. The quantitative estimate of drug-likeness (QED) is 0.798. The van der Waals surface area contributed by atoms with Gasteiger partial charge in [-0.2, -0.15) is 0 Å². The molecule has 1 saturated carbocycles. The number of rotatable bonds is 3. The molecule has 1 aliphatic rings. The third-order valence-electron chi connectivity index (χ3n) is 3.31. The lowest BCUT2D eigenvalue weighted by molar-refractivity contribution is -0.147. The van der Waals surface area contributed by atoms with E-state index in [0.29, 0.717) is 16.9 Å². The van der Waals surface area contributed by atoms with Gasteiger partial charge in [-0.1, -0.05) is 0 Å². The summed E-state index contributed by atoms with van der Waals surface area (Å²) in [6, 6.07) is 0. The van der Waals surface area contributed by atoms with Crippen LogP contribution in [0.4, 0.5) is 0 Å². The highest BCUT2D eigenvalue weighted by Gasteiger charge is 2.29. The zero-order valence-electron chi connectivity index (χ0n) is 11.1. The number of hydrogen-bond donors (Lipinski definition) is 0. The summed E-state index contributed by atoms with van der Waals surface area (Å²) in [5.41, 5.74) is 0.745. The van der Waals surface area contributed by atoms with Gasteiger partial charge in [-0.15, -0.1) is 0 Å². The second kappa shape index (κ2) is 6.32. The molecule has 0 unspecified atom stereocenters. The summed E-state index contributed by atoms with van der Waals surface area (Å²) < 4.78 is 11.4. The first-order valence-corrected chi connectivity index (χ1v) is 7.13. The van der Waals surface area contributed by atoms with E-state index in [1.54, 1.807) is 6.20 Å². The van der Waals surface area contributed by atoms with Gasteiger partial charge in [0.2, 0.25) is 5.88 Å². The van der Waals surface area contributed by atoms with E-state index < -0.39 is 0 Å². The fourth-order valence-corrected chi connectivity index (χ4v) is 2.72. The Bertz CT molecular complexity index is 467. The molecule has 1 heterocycles. The molecule has 1 aromatic heterocycles. The second-order valence-electron chi connectivity index (χ2n) is 4.71. The number of hydrogen-bond acceptors (Lipinski definition) is 5. The highest BCUT2D eigenvalue weighted by atomic mass is 79.9. The highest BCUT2D eigenvalue weighted by Crippen LogP contribution is 2.28. The van der Waals surface area contributed by atoms with Crippen LogP contribution in [0.5, 0.6) is 5.88 Å². The van der Waals surface area contributed by atoms with Crippen molar-refractivity contribution < 1.29 is 14.3 Å². The van der Waals surface area contributed by atoms with Crippen molar-refractivity contribution in [3.05, 3.63) is 16.5 Å². The second-order valence-corrected chi connectivity index (χ2v) is 5.52. The van der Waals surface area contributed by atoms with Gasteiger partial charge in [0.1, 0.15) is 16.4 Å². The summed E-state index contributed by atoms with van der Waals surface area (Å²) in [6.07, 6.45) is 5.08. The van der Waals surface area contributed by atoms with Crippen molar-refractivity contribution in [2.45, 2.75) is 38.7 Å². The average molecular weight is 329 g/mol. The SMILES string of the molecule is COC(=O)[C@H]1CCC[C@H](Oc2ncc(Br)nc2C)C1. The largest absolute Gasteiger partial charge is 0.473 e. The first-order valence-electron chi connectivity index (χ1n) is 6.33. The van der Waals surface area contributed by atoms with E-state index in [1.807, 2.05) is 6.92 Å². The summed E-state index contributed by atoms with van der Waals surface area (Å²) in [7, 11) is 1.43. The lowest BCUT2D eigenvalue weighted by atomic mass is 9.87. The van der Waals surface area contributed by atoms with Crippen LogP contribution in [0.3, 0.4) is 0 Å². The fourth-order valence-electron chi connectivity index (χ4n) is 2.35. The van der Waals surface area contributed by atoms with E-state index in [2.05, 4.69) is 25.9 Å². The van der Waals surface area contributed by atoms with Gasteiger partial charge < -0.3 is 9.47 Å². The molecular formula is C13H17BrN2O3. The zero-order valence-corrected chi connectivity index (χ0v) is 12.6. The van der Waals surface area contributed by atoms with Gasteiger partial charge in [-0.25, -0.2) is 9.97 Å². The van der Waals surface area contributed by atoms with Crippen molar-refractivity contribution >= 4 is 21.9 Å². The predicted octanol–water partition coefficient (Wildman–Crippen LogP) is 2.66. The van der Waals surface area contributed by atoms with E-state index in [-0.39, 0.29) is 18.0 Å². The molecule has 19 heavy (non-hydrogen) atoms. The number of aryl methyl sites for hydroxylation is 1. The van der Waals surface area contributed by atoms with Gasteiger partial charge in [-0.05, 0) is 48.5 Å². The molecule has 6 heteroatoms. The summed E-state index contributed by atoms with van der Waals surface area (Å²) in [6.45, 7) is 1.85. The van der Waals surface area contributed by atoms with Crippen LogP contribution >= 0.6 is 15.9 Å². The molecule has 0 aromatic carbocycles. The topological polar surface area (TPSA) is 61.3 Å². The minimum absolute atomic E-state index is 0.00651. The molecule has 1 aliphatic carbocycles. The third kappa shape index (κ3) is 3.65. The molecule has 2 rings (SSSR count). The smallest absolute Gasteiger partial charge is 0.308 e. The van der Waals surface area contributed by atoms with Crippen LogP contribution in [0.25, 0.3) is 0 Å². The maximum Gasteiger partial charge on any atom is 0.308 e. The molecule has 1 fully saturated rings. The van der Waals surface area contributed by atoms with Crippen LogP contribution in [-0.4, -0.2) is 29.2 Å². The average Bonchev–Trinajstić information content (AvgIpc) is 2.41. The van der Waals surface area contributed by atoms with Crippen molar-refractivity contribution in [1.82, 2.24) is 9.97 Å². The van der Waals surface area contributed by atoms with Crippen LogP contribution in [-0.2, 0) is 9.53 Å². The molecule has 0 amide bonds. The Morgan fingerprint density at radius 2 is 2.26 bits per heavy atom. The summed E-state index contributed by atoms with van der Waals surface area (Å²) in [4.78, 5) is 20.0. The van der Waals surface area contributed by atoms with Crippen LogP contribution in [0.15, 0.2) is 10.8 Å². The van der Waals surface area contributed by atoms with Crippen LogP contribution in [0.1, 0.15) is 31.4 Å². The first kappa shape index (κ1) is 14.2. The summed E-state index contributed by atoms with van der Waals surface area (Å²) >= 11 is 3.27. The molecule has 0 radical (unpaired) electrons. The molecule has 2 atom stereocenters. The number of ether oxygens (including phenoxy) is 2. The molecule has 0 bridgehead atoms. The standard InChI is InChI=1S/C13H17BrN2O3/c1-8-12(15-7-11(14)16-8)19-10-5-3-4-9(6-10)13(17)18-2/h7,9-10H,3-6H2,1-2H3/t9-,10-/m0/s1. The van der Waals surface area contributed by atoms with Crippen molar-refractivity contribution in [3.63, 3.8) is 0 Å². The van der Waals surface area contributed by atoms with E-state index in [9.17, 15) is 4.79 Å². The van der Waals surface area contributed by atoms with Gasteiger partial charge in [0.05, 0.1) is 19.2 Å². The number of methoxy groups -OCH3 is 1. The third-order valence-corrected chi connectivity index (χ3v) is 3.69. The number of carbonyl (C=O) groups is 1. The van der Waals surface area contributed by atoms with E-state index in [0.717, 1.165) is 25.0 Å². The number of aromatic nitrogens is 2. The van der Waals surface area contributed by atoms with E-state index >= 15 is 0 Å². The zero-order chi connectivity index (χ0) is 13.8. The minimum atomic E-state index is -0.146. The molecule has 104 valence electrons. The van der Waals surface area contributed by atoms with E-state index in [1.165, 1.54) is 7.11 Å². The maximum absolute atomic E-state index is 11.6. The van der Waals surface area contributed by atoms with Crippen molar-refractivity contribution in [2.24, 2.45) is 5.92 Å². The van der Waals surface area contributed by atoms with Gasteiger partial charge in [0.15, 0.2) is 0 Å². The van der Waals surface area contributed by atoms with Crippen LogP contribution in [0.2, 0.25) is 0 Å². The summed E-state index contributed by atoms with van der Waals surface area (Å²) in [5.74, 6) is 0.332. The fraction of sp³-hybridized carbons (Fsp3) is 0.615. The first-order chi connectivity index (χ1) is 9.10. The summed E-state index contributed by atoms with van der Waals surface area (Å²) in [5, 5.41) is 0. The minimum Gasteiger partial charge on any atom is -0.473 e. The highest BCUT2D eigenvalue weighted by molar-refractivity contribution is 9.10. The molecule has 0 aliphatic heterocycles. The normalized spacial score (nSPS) is 22.9. The number of esters is 1. The van der Waals surface area contributed by atoms with Gasteiger partial charge >= 0.3 is 5.97 Å². The van der Waals surface area contributed by atoms with Crippen molar-refractivity contribution in [2.75, 3.05) is 7.11 Å². The Hall–Kier alpha value is -1.17.